The van der Waals surface area contributed by atoms with Crippen molar-refractivity contribution in [2.45, 2.75) is 5.92 Å². The maximum Gasteiger partial charge on any atom is 0.411 e. The molecule has 0 bridgehead atoms. The summed E-state index contributed by atoms with van der Waals surface area (Å²) in [6, 6.07) is 22.7. The number of carbonyl (C=O) groups excluding carboxylic acids is 2. The van der Waals surface area contributed by atoms with Gasteiger partial charge in [0.2, 0.25) is 0 Å². The van der Waals surface area contributed by atoms with Gasteiger partial charge in [0.1, 0.15) is 13.2 Å². The molecule has 0 atom stereocenters. The van der Waals surface area contributed by atoms with Crippen LogP contribution in [0.5, 0.6) is 0 Å². The van der Waals surface area contributed by atoms with E-state index in [4.69, 9.17) is 4.74 Å². The maximum atomic E-state index is 13.1. The number of fused-ring (bicyclic) bond motifs is 3. The molecule has 2 amide bonds. The fourth-order valence-corrected chi connectivity index (χ4v) is 4.71. The number of nitrogens with zero attached hydrogens (tertiary/aromatic N) is 1. The minimum Gasteiger partial charge on any atom is -0.480 e. The lowest BCUT2D eigenvalue weighted by molar-refractivity contribution is -0.137. The average molecular weight is 491 g/mol. The molecule has 0 saturated carbocycles. The molecule has 0 saturated heterocycles. The van der Waals surface area contributed by atoms with E-state index in [1.54, 1.807) is 24.3 Å². The van der Waals surface area contributed by atoms with E-state index < -0.39 is 24.5 Å². The van der Waals surface area contributed by atoms with Crippen LogP contribution in [0, 0.1) is 0 Å². The van der Waals surface area contributed by atoms with Crippen LogP contribution in [0.4, 0.5) is 10.5 Å². The summed E-state index contributed by atoms with van der Waals surface area (Å²) in [5, 5.41) is 11.9. The highest BCUT2D eigenvalue weighted by Crippen LogP contribution is 2.44. The molecule has 0 aliphatic heterocycles. The molecular weight excluding hydrogens is 464 g/mol. The van der Waals surface area contributed by atoms with Crippen molar-refractivity contribution >= 4 is 35.4 Å². The first-order valence-electron chi connectivity index (χ1n) is 11.2. The van der Waals surface area contributed by atoms with Gasteiger partial charge < -0.3 is 14.7 Å². The Morgan fingerprint density at radius 1 is 0.943 bits per heavy atom. The average Bonchev–Trinajstić information content (AvgIpc) is 3.19. The van der Waals surface area contributed by atoms with Gasteiger partial charge in [0.25, 0.3) is 5.91 Å². The van der Waals surface area contributed by atoms with Crippen LogP contribution in [0.25, 0.3) is 11.1 Å². The van der Waals surface area contributed by atoms with E-state index in [0.29, 0.717) is 5.75 Å². The predicted octanol–water partition coefficient (Wildman–Crippen LogP) is 4.94. The smallest absolute Gasteiger partial charge is 0.411 e. The van der Waals surface area contributed by atoms with E-state index in [-0.39, 0.29) is 30.3 Å². The fraction of sp³-hybridized carbons (Fsp3) is 0.222. The lowest BCUT2D eigenvalue weighted by atomic mass is 9.98. The SMILES string of the molecule is CSCCN(CC(=O)O)C(=O)c1ccccc1NC(=O)OCC1c2ccccc2-c2ccccc21. The molecule has 0 heterocycles. The molecule has 2 N–H and O–H groups in total. The van der Waals surface area contributed by atoms with E-state index in [1.165, 1.54) is 16.7 Å². The van der Waals surface area contributed by atoms with Gasteiger partial charge in [-0.1, -0.05) is 60.7 Å². The summed E-state index contributed by atoms with van der Waals surface area (Å²) < 4.78 is 5.60. The Hall–Kier alpha value is -3.78. The molecule has 0 unspecified atom stereocenters. The largest absolute Gasteiger partial charge is 0.480 e. The Morgan fingerprint density at radius 2 is 1.54 bits per heavy atom. The molecular formula is C27H26N2O5S. The maximum absolute atomic E-state index is 13.1. The molecule has 3 aromatic carbocycles. The Labute approximate surface area is 208 Å². The van der Waals surface area contributed by atoms with Gasteiger partial charge in [0.15, 0.2) is 0 Å². The third-order valence-electron chi connectivity index (χ3n) is 5.92. The molecule has 8 heteroatoms. The van der Waals surface area contributed by atoms with Crippen LogP contribution in [-0.2, 0) is 9.53 Å². The molecule has 35 heavy (non-hydrogen) atoms. The number of rotatable bonds is 9. The number of aliphatic carboxylic acids is 1. The van der Waals surface area contributed by atoms with Gasteiger partial charge in [0.05, 0.1) is 11.3 Å². The van der Waals surface area contributed by atoms with Gasteiger partial charge in [-0.15, -0.1) is 0 Å². The molecule has 7 nitrogen and oxygen atoms in total. The summed E-state index contributed by atoms with van der Waals surface area (Å²) in [6.07, 6.45) is 1.21. The van der Waals surface area contributed by atoms with Crippen molar-refractivity contribution in [3.05, 3.63) is 89.5 Å². The standard InChI is InChI=1S/C27H26N2O5S/c1-35-15-14-29(16-25(30)31)26(32)22-12-6-7-13-24(22)28-27(33)34-17-23-20-10-4-2-8-18(20)19-9-3-5-11-21(19)23/h2-13,23H,14-17H2,1H3,(H,28,33)(H,30,31). The lowest BCUT2D eigenvalue weighted by Gasteiger charge is -2.22. The van der Waals surface area contributed by atoms with E-state index in [9.17, 15) is 19.5 Å². The van der Waals surface area contributed by atoms with E-state index >= 15 is 0 Å². The van der Waals surface area contributed by atoms with Gasteiger partial charge in [-0.25, -0.2) is 4.79 Å². The lowest BCUT2D eigenvalue weighted by Crippen LogP contribution is -2.37. The molecule has 0 aromatic heterocycles. The van der Waals surface area contributed by atoms with Crippen molar-refractivity contribution < 1.29 is 24.2 Å². The molecule has 180 valence electrons. The van der Waals surface area contributed by atoms with Gasteiger partial charge in [-0.3, -0.25) is 14.9 Å². The van der Waals surface area contributed by atoms with E-state index in [0.717, 1.165) is 22.3 Å². The predicted molar refractivity (Wildman–Crippen MR) is 137 cm³/mol. The number of thioether (sulfide) groups is 1. The molecule has 4 rings (SSSR count). The van der Waals surface area contributed by atoms with E-state index in [1.807, 2.05) is 42.7 Å². The summed E-state index contributed by atoms with van der Waals surface area (Å²) in [5.74, 6) is -1.04. The number of carboxylic acid groups (broad SMARTS) is 1. The van der Waals surface area contributed by atoms with Crippen molar-refractivity contribution in [2.24, 2.45) is 0 Å². The summed E-state index contributed by atoms with van der Waals surface area (Å²) in [6.45, 7) is 0.0130. The number of hydrogen-bond acceptors (Lipinski definition) is 5. The van der Waals surface area contributed by atoms with Crippen LogP contribution < -0.4 is 5.32 Å². The van der Waals surface area contributed by atoms with Crippen molar-refractivity contribution in [3.63, 3.8) is 0 Å². The van der Waals surface area contributed by atoms with Crippen LogP contribution in [0.3, 0.4) is 0 Å². The molecule has 1 aliphatic carbocycles. The van der Waals surface area contributed by atoms with Crippen LogP contribution in [0.15, 0.2) is 72.8 Å². The third kappa shape index (κ3) is 5.49. The summed E-state index contributed by atoms with van der Waals surface area (Å²) >= 11 is 1.52. The number of carbonyl (C=O) groups is 3. The first-order chi connectivity index (χ1) is 17.0. The number of anilines is 1. The minimum absolute atomic E-state index is 0.0809. The normalized spacial score (nSPS) is 11.9. The molecule has 1 aliphatic rings. The molecule has 0 spiro atoms. The minimum atomic E-state index is -1.10. The topological polar surface area (TPSA) is 95.9 Å². The van der Waals surface area contributed by atoms with Crippen molar-refractivity contribution in [3.8, 4) is 11.1 Å². The number of benzene rings is 3. The Balaban J connectivity index is 1.47. The highest BCUT2D eigenvalue weighted by atomic mass is 32.2. The zero-order valence-electron chi connectivity index (χ0n) is 19.3. The van der Waals surface area contributed by atoms with Crippen molar-refractivity contribution in [1.29, 1.82) is 0 Å². The zero-order chi connectivity index (χ0) is 24.8. The molecule has 3 aromatic rings. The van der Waals surface area contributed by atoms with Gasteiger partial charge in [0, 0.05) is 18.2 Å². The highest BCUT2D eigenvalue weighted by molar-refractivity contribution is 7.98. The number of carboxylic acids is 1. The quantitative estimate of drug-likeness (QED) is 0.441. The second kappa shape index (κ2) is 11.1. The number of para-hydroxylation sites is 1. The Kier molecular flexibility index (Phi) is 7.72. The Morgan fingerprint density at radius 3 is 2.17 bits per heavy atom. The second-order valence-corrected chi connectivity index (χ2v) is 9.09. The number of ether oxygens (including phenoxy) is 1. The third-order valence-corrected chi connectivity index (χ3v) is 6.51. The highest BCUT2D eigenvalue weighted by Gasteiger charge is 2.29. The Bertz CT molecular complexity index is 1200. The van der Waals surface area contributed by atoms with Crippen LogP contribution in [0.1, 0.15) is 27.4 Å². The van der Waals surface area contributed by atoms with Gasteiger partial charge >= 0.3 is 12.1 Å². The summed E-state index contributed by atoms with van der Waals surface area (Å²) in [7, 11) is 0. The second-order valence-electron chi connectivity index (χ2n) is 8.11. The van der Waals surface area contributed by atoms with Crippen LogP contribution in [0.2, 0.25) is 0 Å². The van der Waals surface area contributed by atoms with E-state index in [2.05, 4.69) is 17.4 Å². The van der Waals surface area contributed by atoms with Crippen LogP contribution >= 0.6 is 11.8 Å². The zero-order valence-corrected chi connectivity index (χ0v) is 20.1. The first kappa shape index (κ1) is 24.3. The van der Waals surface area contributed by atoms with Crippen molar-refractivity contribution in [2.75, 3.05) is 37.0 Å². The van der Waals surface area contributed by atoms with Crippen molar-refractivity contribution in [1.82, 2.24) is 4.90 Å². The number of amides is 2. The number of hydrogen-bond donors (Lipinski definition) is 2. The van der Waals surface area contributed by atoms with Gasteiger partial charge in [-0.2, -0.15) is 11.8 Å². The van der Waals surface area contributed by atoms with Gasteiger partial charge in [-0.05, 0) is 40.6 Å². The summed E-state index contributed by atoms with van der Waals surface area (Å²) in [5.41, 5.74) is 4.97. The molecule has 0 fully saturated rings. The fourth-order valence-electron chi connectivity index (χ4n) is 4.31. The first-order valence-corrected chi connectivity index (χ1v) is 12.6. The number of nitrogens with one attached hydrogen (secondary N) is 1. The van der Waals surface area contributed by atoms with Crippen LogP contribution in [-0.4, -0.2) is 59.7 Å². The summed E-state index contributed by atoms with van der Waals surface area (Å²) in [4.78, 5) is 38.4. The monoisotopic (exact) mass is 490 g/mol. The molecule has 0 radical (unpaired) electrons.